The highest BCUT2D eigenvalue weighted by molar-refractivity contribution is 7.80. The van der Waals surface area contributed by atoms with Crippen LogP contribution in [0.15, 0.2) is 47.6 Å². The summed E-state index contributed by atoms with van der Waals surface area (Å²) in [5.41, 5.74) is 3.04. The standard InChI is InChI=1S/C32H43FN3O5PS/c1-7-40-42(39,41-8-2)28(21-10-13-23(33)14-11-21)34-30(43)35-29(37)32(6)17-9-16-31(5)25-15-12-22(20(3)4)18-24(25)26(36-38)19-27(31)32/h10-15,18,20,27-28,38H,7-9,16-17,19H2,1-6H3,(H2,34,35,37,43)/b36-26-/t27-,28?,31-,32-/m1/s1. The Hall–Kier alpha value is -2.65. The second-order valence-electron chi connectivity index (χ2n) is 12.2. The molecule has 0 heterocycles. The van der Waals surface area contributed by atoms with Crippen LogP contribution < -0.4 is 10.6 Å². The maximum absolute atomic E-state index is 14.1. The number of hydrogen-bond acceptors (Lipinski definition) is 7. The molecule has 43 heavy (non-hydrogen) atoms. The van der Waals surface area contributed by atoms with Crippen LogP contribution in [-0.4, -0.2) is 35.2 Å². The van der Waals surface area contributed by atoms with Crippen LogP contribution in [0.3, 0.4) is 0 Å². The highest BCUT2D eigenvalue weighted by Crippen LogP contribution is 2.60. The van der Waals surface area contributed by atoms with Crippen molar-refractivity contribution in [1.29, 1.82) is 0 Å². The molecule has 1 saturated carbocycles. The number of fused-ring (bicyclic) bond motifs is 3. The lowest BCUT2D eigenvalue weighted by Gasteiger charge is -2.54. The van der Waals surface area contributed by atoms with Crippen molar-refractivity contribution >= 4 is 36.5 Å². The quantitative estimate of drug-likeness (QED) is 0.113. The van der Waals surface area contributed by atoms with Crippen molar-refractivity contribution in [2.24, 2.45) is 16.5 Å². The first-order valence-corrected chi connectivity index (χ1v) is 17.0. The molecule has 234 valence electrons. The molecule has 0 radical (unpaired) electrons. The lowest BCUT2D eigenvalue weighted by atomic mass is 9.49. The average Bonchev–Trinajstić information content (AvgIpc) is 2.96. The summed E-state index contributed by atoms with van der Waals surface area (Å²) in [7, 11) is -3.82. The third kappa shape index (κ3) is 6.44. The highest BCUT2D eigenvalue weighted by Gasteiger charge is 2.56. The van der Waals surface area contributed by atoms with Gasteiger partial charge in [-0.2, -0.15) is 0 Å². The number of amides is 1. The Balaban J connectivity index is 1.63. The second-order valence-corrected chi connectivity index (χ2v) is 14.7. The fourth-order valence-electron chi connectivity index (χ4n) is 6.92. The van der Waals surface area contributed by atoms with Crippen molar-refractivity contribution in [2.75, 3.05) is 13.2 Å². The van der Waals surface area contributed by atoms with Crippen LogP contribution in [0.4, 0.5) is 4.39 Å². The number of oxime groups is 1. The van der Waals surface area contributed by atoms with E-state index in [4.69, 9.17) is 21.3 Å². The van der Waals surface area contributed by atoms with Gasteiger partial charge in [-0.1, -0.05) is 63.5 Å². The molecule has 2 aromatic rings. The largest absolute Gasteiger partial charge is 0.411 e. The Bertz CT molecular complexity index is 1420. The van der Waals surface area contributed by atoms with Gasteiger partial charge in [-0.25, -0.2) is 4.39 Å². The van der Waals surface area contributed by atoms with Gasteiger partial charge < -0.3 is 24.9 Å². The molecular formula is C32H43FN3O5PS. The van der Waals surface area contributed by atoms with E-state index in [1.807, 2.05) is 6.92 Å². The zero-order valence-electron chi connectivity index (χ0n) is 25.8. The molecule has 11 heteroatoms. The van der Waals surface area contributed by atoms with Crippen molar-refractivity contribution < 1.29 is 28.0 Å². The molecule has 0 saturated heterocycles. The molecule has 2 aliphatic rings. The van der Waals surface area contributed by atoms with E-state index in [1.165, 1.54) is 29.8 Å². The van der Waals surface area contributed by atoms with Crippen molar-refractivity contribution in [3.05, 3.63) is 70.5 Å². The Labute approximate surface area is 259 Å². The Morgan fingerprint density at radius 2 is 1.74 bits per heavy atom. The number of nitrogens with zero attached hydrogens (tertiary/aromatic N) is 1. The second kappa shape index (κ2) is 13.1. The molecule has 8 nitrogen and oxygen atoms in total. The van der Waals surface area contributed by atoms with Crippen LogP contribution in [0.5, 0.6) is 0 Å². The molecule has 1 amide bonds. The van der Waals surface area contributed by atoms with Crippen LogP contribution >= 0.6 is 19.8 Å². The van der Waals surface area contributed by atoms with Crippen LogP contribution in [0.25, 0.3) is 0 Å². The Morgan fingerprint density at radius 3 is 2.33 bits per heavy atom. The number of nitrogens with one attached hydrogen (secondary N) is 2. The molecule has 1 unspecified atom stereocenters. The van der Waals surface area contributed by atoms with Gasteiger partial charge in [-0.05, 0) is 97.5 Å². The maximum Gasteiger partial charge on any atom is 0.357 e. The van der Waals surface area contributed by atoms with Crippen molar-refractivity contribution in [3.63, 3.8) is 0 Å². The zero-order valence-corrected chi connectivity index (χ0v) is 27.5. The summed E-state index contributed by atoms with van der Waals surface area (Å²) in [5.74, 6) is -1.64. The first-order chi connectivity index (χ1) is 20.3. The summed E-state index contributed by atoms with van der Waals surface area (Å²) >= 11 is 5.60. The molecule has 4 rings (SSSR count). The molecule has 0 aromatic heterocycles. The predicted octanol–water partition coefficient (Wildman–Crippen LogP) is 7.55. The minimum Gasteiger partial charge on any atom is -0.411 e. The Morgan fingerprint density at radius 1 is 1.12 bits per heavy atom. The SMILES string of the molecule is CCOP(=O)(OCC)C(NC(=S)NC(=O)[C@]1(C)CCC[C@]2(C)c3ccc(C(C)C)cc3/C(=N\O)C[C@@H]12)c1ccc(F)cc1. The van der Waals surface area contributed by atoms with Gasteiger partial charge in [0.2, 0.25) is 5.91 Å². The van der Waals surface area contributed by atoms with E-state index in [-0.39, 0.29) is 35.6 Å². The summed E-state index contributed by atoms with van der Waals surface area (Å²) in [6.07, 6.45) is 2.79. The van der Waals surface area contributed by atoms with E-state index in [0.29, 0.717) is 30.0 Å². The fourth-order valence-corrected chi connectivity index (χ4v) is 9.13. The van der Waals surface area contributed by atoms with Crippen molar-refractivity contribution in [3.8, 4) is 0 Å². The number of halogens is 1. The van der Waals surface area contributed by atoms with Gasteiger partial charge in [0.15, 0.2) is 10.9 Å². The van der Waals surface area contributed by atoms with Crippen LogP contribution in [0.2, 0.25) is 0 Å². The minimum absolute atomic E-state index is 0.0405. The van der Waals surface area contributed by atoms with Crippen LogP contribution in [0.1, 0.15) is 101 Å². The molecule has 0 bridgehead atoms. The van der Waals surface area contributed by atoms with Gasteiger partial charge in [-0.15, -0.1) is 0 Å². The summed E-state index contributed by atoms with van der Waals surface area (Å²) < 4.78 is 38.8. The highest BCUT2D eigenvalue weighted by atomic mass is 32.1. The van der Waals surface area contributed by atoms with Gasteiger partial charge in [0.05, 0.1) is 24.3 Å². The van der Waals surface area contributed by atoms with E-state index >= 15 is 0 Å². The number of hydrogen-bond donors (Lipinski definition) is 3. The maximum atomic E-state index is 14.1. The number of rotatable bonds is 9. The number of carbonyl (C=O) groups excluding carboxylic acids is 1. The third-order valence-corrected chi connectivity index (χ3v) is 11.7. The minimum atomic E-state index is -3.82. The first kappa shape index (κ1) is 33.2. The fraction of sp³-hybridized carbons (Fsp3) is 0.531. The molecular weight excluding hydrogens is 588 g/mol. The van der Waals surface area contributed by atoms with Crippen molar-refractivity contribution in [1.82, 2.24) is 10.6 Å². The number of benzene rings is 2. The van der Waals surface area contributed by atoms with E-state index in [2.05, 4.69) is 54.8 Å². The monoisotopic (exact) mass is 631 g/mol. The van der Waals surface area contributed by atoms with Gasteiger partial charge in [0, 0.05) is 5.56 Å². The average molecular weight is 632 g/mol. The van der Waals surface area contributed by atoms with Crippen LogP contribution in [0, 0.1) is 17.2 Å². The lowest BCUT2D eigenvalue weighted by molar-refractivity contribution is -0.136. The lowest BCUT2D eigenvalue weighted by Crippen LogP contribution is -2.58. The molecule has 1 fully saturated rings. The summed E-state index contributed by atoms with van der Waals surface area (Å²) in [5, 5.41) is 19.6. The topological polar surface area (TPSA) is 109 Å². The zero-order chi connectivity index (χ0) is 31.6. The molecule has 2 aliphatic carbocycles. The van der Waals surface area contributed by atoms with E-state index < -0.39 is 24.6 Å². The molecule has 0 aliphatic heterocycles. The first-order valence-electron chi connectivity index (χ1n) is 14.9. The van der Waals surface area contributed by atoms with Gasteiger partial charge in [0.1, 0.15) is 5.82 Å². The van der Waals surface area contributed by atoms with E-state index in [1.54, 1.807) is 13.8 Å². The summed E-state index contributed by atoms with van der Waals surface area (Å²) in [4.78, 5) is 14.1. The smallest absolute Gasteiger partial charge is 0.357 e. The predicted molar refractivity (Wildman–Crippen MR) is 170 cm³/mol. The van der Waals surface area contributed by atoms with E-state index in [9.17, 15) is 19.0 Å². The van der Waals surface area contributed by atoms with Gasteiger partial charge >= 0.3 is 7.60 Å². The van der Waals surface area contributed by atoms with Gasteiger partial charge in [0.25, 0.3) is 0 Å². The number of carbonyl (C=O) groups is 1. The summed E-state index contributed by atoms with van der Waals surface area (Å²) in [6.45, 7) is 12.0. The van der Waals surface area contributed by atoms with E-state index in [0.717, 1.165) is 24.0 Å². The third-order valence-electron chi connectivity index (χ3n) is 9.22. The van der Waals surface area contributed by atoms with Crippen LogP contribution in [-0.2, 0) is 23.8 Å². The molecule has 4 atom stereocenters. The normalized spacial score (nSPS) is 25.1. The van der Waals surface area contributed by atoms with Crippen molar-refractivity contribution in [2.45, 2.75) is 84.3 Å². The molecule has 2 aromatic carbocycles. The Kier molecular flexibility index (Phi) is 10.2. The number of thiocarbonyl (C=S) groups is 1. The summed E-state index contributed by atoms with van der Waals surface area (Å²) in [6, 6.07) is 11.8. The molecule has 3 N–H and O–H groups in total. The molecule has 0 spiro atoms. The van der Waals surface area contributed by atoms with Gasteiger partial charge in [-0.3, -0.25) is 9.36 Å².